The summed E-state index contributed by atoms with van der Waals surface area (Å²) in [5.74, 6) is -1.64. The SMILES string of the molecule is C=C(CC1(c2ccc3c(C)cccc3c2CO)OCCO1)C(=O)OC. The maximum absolute atomic E-state index is 11.8. The Balaban J connectivity index is 2.14. The minimum absolute atomic E-state index is 0.143. The number of hydrogen-bond donors (Lipinski definition) is 1. The molecule has 0 aromatic heterocycles. The molecule has 0 bridgehead atoms. The Bertz CT molecular complexity index is 818. The molecule has 0 radical (unpaired) electrons. The molecule has 0 saturated carbocycles. The first-order valence-corrected chi connectivity index (χ1v) is 8.19. The van der Waals surface area contributed by atoms with E-state index in [2.05, 4.69) is 6.58 Å². The quantitative estimate of drug-likeness (QED) is 0.668. The molecule has 0 unspecified atom stereocenters. The van der Waals surface area contributed by atoms with E-state index in [0.29, 0.717) is 13.2 Å². The lowest BCUT2D eigenvalue weighted by atomic mass is 9.89. The molecule has 0 amide bonds. The third-order valence-electron chi connectivity index (χ3n) is 4.63. The molecule has 2 aromatic rings. The van der Waals surface area contributed by atoms with Crippen LogP contribution in [0.5, 0.6) is 0 Å². The van der Waals surface area contributed by atoms with Crippen LogP contribution in [0, 0.1) is 6.92 Å². The fourth-order valence-corrected chi connectivity index (χ4v) is 3.41. The van der Waals surface area contributed by atoms with Crippen LogP contribution < -0.4 is 0 Å². The molecule has 132 valence electrons. The molecule has 5 nitrogen and oxygen atoms in total. The van der Waals surface area contributed by atoms with Gasteiger partial charge in [-0.2, -0.15) is 0 Å². The van der Waals surface area contributed by atoms with Crippen molar-refractivity contribution in [1.29, 1.82) is 0 Å². The predicted molar refractivity (Wildman–Crippen MR) is 94.0 cm³/mol. The highest BCUT2D eigenvalue weighted by Gasteiger charge is 2.42. The van der Waals surface area contributed by atoms with Gasteiger partial charge >= 0.3 is 5.97 Å². The van der Waals surface area contributed by atoms with Crippen LogP contribution in [0.25, 0.3) is 10.8 Å². The summed E-state index contributed by atoms with van der Waals surface area (Å²) in [4.78, 5) is 11.8. The van der Waals surface area contributed by atoms with E-state index in [-0.39, 0.29) is 18.6 Å². The van der Waals surface area contributed by atoms with Crippen LogP contribution in [-0.2, 0) is 31.4 Å². The Kier molecular flexibility index (Phi) is 4.90. The monoisotopic (exact) mass is 342 g/mol. The zero-order valence-corrected chi connectivity index (χ0v) is 14.5. The fourth-order valence-electron chi connectivity index (χ4n) is 3.41. The number of ether oxygens (including phenoxy) is 3. The minimum atomic E-state index is -1.14. The Morgan fingerprint density at radius 1 is 1.24 bits per heavy atom. The molecule has 25 heavy (non-hydrogen) atoms. The molecule has 5 heteroatoms. The van der Waals surface area contributed by atoms with Crippen molar-refractivity contribution >= 4 is 16.7 Å². The van der Waals surface area contributed by atoms with Crippen LogP contribution in [-0.4, -0.2) is 31.4 Å². The molecular weight excluding hydrogens is 320 g/mol. The van der Waals surface area contributed by atoms with Gasteiger partial charge in [-0.05, 0) is 28.8 Å². The Labute approximate surface area is 146 Å². The van der Waals surface area contributed by atoms with Gasteiger partial charge in [-0.25, -0.2) is 4.79 Å². The van der Waals surface area contributed by atoms with Crippen molar-refractivity contribution in [3.8, 4) is 0 Å². The minimum Gasteiger partial charge on any atom is -0.466 e. The summed E-state index contributed by atoms with van der Waals surface area (Å²) in [6.45, 7) is 6.48. The fraction of sp³-hybridized carbons (Fsp3) is 0.350. The maximum Gasteiger partial charge on any atom is 0.333 e. The zero-order valence-electron chi connectivity index (χ0n) is 14.5. The lowest BCUT2D eigenvalue weighted by molar-refractivity contribution is -0.168. The molecule has 0 atom stereocenters. The van der Waals surface area contributed by atoms with Crippen LogP contribution >= 0.6 is 0 Å². The van der Waals surface area contributed by atoms with Gasteiger partial charge in [-0.1, -0.05) is 36.9 Å². The van der Waals surface area contributed by atoms with E-state index in [1.54, 1.807) is 0 Å². The molecule has 0 aliphatic carbocycles. The predicted octanol–water partition coefficient (Wildman–Crippen LogP) is 2.96. The van der Waals surface area contributed by atoms with Gasteiger partial charge in [0.25, 0.3) is 0 Å². The standard InChI is InChI=1S/C20H22O5/c1-13-5-4-6-16-15(13)7-8-18(17(16)12-21)20(24-9-10-25-20)11-14(2)19(22)23-3/h4-8,21H,2,9-12H2,1,3H3. The first-order chi connectivity index (χ1) is 12.0. The van der Waals surface area contributed by atoms with Crippen LogP contribution in [0.4, 0.5) is 0 Å². The van der Waals surface area contributed by atoms with Crippen molar-refractivity contribution in [3.63, 3.8) is 0 Å². The van der Waals surface area contributed by atoms with E-state index >= 15 is 0 Å². The summed E-state index contributed by atoms with van der Waals surface area (Å²) in [7, 11) is 1.31. The normalized spacial score (nSPS) is 16.1. The van der Waals surface area contributed by atoms with E-state index in [1.807, 2.05) is 37.3 Å². The number of aliphatic hydroxyl groups is 1. The number of aliphatic hydroxyl groups excluding tert-OH is 1. The van der Waals surface area contributed by atoms with Crippen LogP contribution in [0.2, 0.25) is 0 Å². The van der Waals surface area contributed by atoms with Crippen molar-refractivity contribution in [2.75, 3.05) is 20.3 Å². The number of benzene rings is 2. The number of carbonyl (C=O) groups excluding carboxylic acids is 1. The van der Waals surface area contributed by atoms with E-state index in [0.717, 1.165) is 27.5 Å². The highest BCUT2D eigenvalue weighted by atomic mass is 16.7. The summed E-state index contributed by atoms with van der Waals surface area (Å²) in [5.41, 5.74) is 2.84. The summed E-state index contributed by atoms with van der Waals surface area (Å²) < 4.78 is 16.6. The first kappa shape index (κ1) is 17.6. The van der Waals surface area contributed by atoms with E-state index in [4.69, 9.17) is 14.2 Å². The lowest BCUT2D eigenvalue weighted by Gasteiger charge is -2.30. The highest BCUT2D eigenvalue weighted by Crippen LogP contribution is 2.41. The molecule has 1 fully saturated rings. The number of hydrogen-bond acceptors (Lipinski definition) is 5. The molecule has 2 aromatic carbocycles. The number of esters is 1. The highest BCUT2D eigenvalue weighted by molar-refractivity contribution is 5.90. The largest absolute Gasteiger partial charge is 0.466 e. The molecule has 1 saturated heterocycles. The summed E-state index contributed by atoms with van der Waals surface area (Å²) in [6.07, 6.45) is 0.143. The zero-order chi connectivity index (χ0) is 18.0. The van der Waals surface area contributed by atoms with Gasteiger partial charge in [0.15, 0.2) is 5.79 Å². The third kappa shape index (κ3) is 3.06. The Morgan fingerprint density at radius 2 is 1.96 bits per heavy atom. The van der Waals surface area contributed by atoms with Crippen LogP contribution in [0.15, 0.2) is 42.5 Å². The van der Waals surface area contributed by atoms with Gasteiger partial charge in [-0.15, -0.1) is 0 Å². The van der Waals surface area contributed by atoms with Crippen LogP contribution in [0.1, 0.15) is 23.1 Å². The molecule has 1 aliphatic heterocycles. The van der Waals surface area contributed by atoms with E-state index in [1.165, 1.54) is 7.11 Å². The summed E-state index contributed by atoms with van der Waals surface area (Å²) in [6, 6.07) is 9.84. The van der Waals surface area contributed by atoms with Gasteiger partial charge in [0.05, 0.1) is 26.9 Å². The number of methoxy groups -OCH3 is 1. The van der Waals surface area contributed by atoms with Crippen molar-refractivity contribution < 1.29 is 24.1 Å². The molecule has 0 spiro atoms. The van der Waals surface area contributed by atoms with E-state index in [9.17, 15) is 9.90 Å². The Morgan fingerprint density at radius 3 is 2.60 bits per heavy atom. The second-order valence-electron chi connectivity index (χ2n) is 6.14. The van der Waals surface area contributed by atoms with Gasteiger partial charge in [0, 0.05) is 17.6 Å². The van der Waals surface area contributed by atoms with Crippen molar-refractivity contribution in [2.24, 2.45) is 0 Å². The molecule has 1 aliphatic rings. The smallest absolute Gasteiger partial charge is 0.333 e. The summed E-state index contributed by atoms with van der Waals surface area (Å²) >= 11 is 0. The second kappa shape index (κ2) is 6.96. The molecular formula is C20H22O5. The third-order valence-corrected chi connectivity index (χ3v) is 4.63. The van der Waals surface area contributed by atoms with Crippen molar-refractivity contribution in [3.05, 3.63) is 59.2 Å². The molecule has 1 N–H and O–H groups in total. The van der Waals surface area contributed by atoms with Crippen molar-refractivity contribution in [1.82, 2.24) is 0 Å². The second-order valence-corrected chi connectivity index (χ2v) is 6.14. The van der Waals surface area contributed by atoms with Gasteiger partial charge in [0.1, 0.15) is 0 Å². The van der Waals surface area contributed by atoms with E-state index < -0.39 is 11.8 Å². The Hall–Kier alpha value is -2.21. The average Bonchev–Trinajstić information content (AvgIpc) is 3.09. The number of carbonyl (C=O) groups is 1. The van der Waals surface area contributed by atoms with Gasteiger partial charge < -0.3 is 19.3 Å². The number of aryl methyl sites for hydroxylation is 1. The van der Waals surface area contributed by atoms with Gasteiger partial charge in [0.2, 0.25) is 0 Å². The van der Waals surface area contributed by atoms with Crippen molar-refractivity contribution in [2.45, 2.75) is 25.7 Å². The topological polar surface area (TPSA) is 65.0 Å². The van der Waals surface area contributed by atoms with Gasteiger partial charge in [-0.3, -0.25) is 0 Å². The summed E-state index contributed by atoms with van der Waals surface area (Å²) in [5, 5.41) is 12.1. The average molecular weight is 342 g/mol. The molecule has 3 rings (SSSR count). The van der Waals surface area contributed by atoms with Crippen LogP contribution in [0.3, 0.4) is 0 Å². The number of rotatable bonds is 5. The number of fused-ring (bicyclic) bond motifs is 1. The lowest BCUT2D eigenvalue weighted by Crippen LogP contribution is -2.30. The maximum atomic E-state index is 11.8. The first-order valence-electron chi connectivity index (χ1n) is 8.19. The molecule has 1 heterocycles.